The van der Waals surface area contributed by atoms with Crippen LogP contribution in [0.2, 0.25) is 0 Å². The van der Waals surface area contributed by atoms with Crippen molar-refractivity contribution in [3.63, 3.8) is 0 Å². The number of nitrogens with zero attached hydrogens (tertiary/aromatic N) is 1. The number of carbonyl (C=O) groups excluding carboxylic acids is 1. The van der Waals surface area contributed by atoms with E-state index in [9.17, 15) is 4.79 Å². The fourth-order valence-electron chi connectivity index (χ4n) is 2.78. The van der Waals surface area contributed by atoms with Crippen LogP contribution < -0.4 is 10.6 Å². The SMILES string of the molecule is Cc1ccccc1CNC(=O)c1cc(NCC2CCCO2)ccn1. The Morgan fingerprint density at radius 1 is 1.33 bits per heavy atom. The molecule has 0 bridgehead atoms. The second-order valence-electron chi connectivity index (χ2n) is 6.05. The van der Waals surface area contributed by atoms with Gasteiger partial charge in [0.15, 0.2) is 0 Å². The number of aryl methyl sites for hydroxylation is 1. The largest absolute Gasteiger partial charge is 0.382 e. The highest BCUT2D eigenvalue weighted by Gasteiger charge is 2.15. The van der Waals surface area contributed by atoms with Gasteiger partial charge in [-0.05, 0) is 43.0 Å². The second-order valence-corrected chi connectivity index (χ2v) is 6.05. The Kier molecular flexibility index (Phi) is 5.43. The maximum Gasteiger partial charge on any atom is 0.270 e. The number of nitrogens with one attached hydrogen (secondary N) is 2. The first kappa shape index (κ1) is 16.5. The van der Waals surface area contributed by atoms with Crippen LogP contribution in [0.3, 0.4) is 0 Å². The van der Waals surface area contributed by atoms with Crippen LogP contribution in [-0.2, 0) is 11.3 Å². The third kappa shape index (κ3) is 4.32. The zero-order valence-corrected chi connectivity index (χ0v) is 13.9. The van der Waals surface area contributed by atoms with Gasteiger partial charge in [0.2, 0.25) is 0 Å². The molecular weight excluding hydrogens is 302 g/mol. The van der Waals surface area contributed by atoms with Crippen LogP contribution in [-0.4, -0.2) is 30.1 Å². The van der Waals surface area contributed by atoms with Crippen LogP contribution in [0.1, 0.15) is 34.5 Å². The lowest BCUT2D eigenvalue weighted by Crippen LogP contribution is -2.24. The van der Waals surface area contributed by atoms with Crippen LogP contribution >= 0.6 is 0 Å². The van der Waals surface area contributed by atoms with E-state index in [0.29, 0.717) is 12.2 Å². The highest BCUT2D eigenvalue weighted by atomic mass is 16.5. The van der Waals surface area contributed by atoms with E-state index in [1.54, 1.807) is 12.3 Å². The molecule has 24 heavy (non-hydrogen) atoms. The number of amides is 1. The molecule has 5 nitrogen and oxygen atoms in total. The van der Waals surface area contributed by atoms with E-state index in [2.05, 4.69) is 15.6 Å². The monoisotopic (exact) mass is 325 g/mol. The highest BCUT2D eigenvalue weighted by molar-refractivity contribution is 5.93. The van der Waals surface area contributed by atoms with Crippen molar-refractivity contribution in [3.8, 4) is 0 Å². The number of carbonyl (C=O) groups is 1. The first-order valence-corrected chi connectivity index (χ1v) is 8.36. The normalized spacial score (nSPS) is 16.8. The number of rotatable bonds is 6. The van der Waals surface area contributed by atoms with E-state index in [0.717, 1.165) is 42.8 Å². The molecule has 5 heteroatoms. The number of hydrogen-bond acceptors (Lipinski definition) is 4. The van der Waals surface area contributed by atoms with Crippen molar-refractivity contribution < 1.29 is 9.53 Å². The lowest BCUT2D eigenvalue weighted by molar-refractivity contribution is 0.0946. The Morgan fingerprint density at radius 3 is 3.00 bits per heavy atom. The van der Waals surface area contributed by atoms with Crippen molar-refractivity contribution in [1.29, 1.82) is 0 Å². The molecule has 1 fully saturated rings. The number of pyridine rings is 1. The fourth-order valence-corrected chi connectivity index (χ4v) is 2.78. The molecule has 1 aromatic heterocycles. The smallest absolute Gasteiger partial charge is 0.270 e. The molecule has 1 atom stereocenters. The van der Waals surface area contributed by atoms with E-state index in [1.165, 1.54) is 0 Å². The Balaban J connectivity index is 1.56. The lowest BCUT2D eigenvalue weighted by Gasteiger charge is -2.12. The van der Waals surface area contributed by atoms with E-state index in [-0.39, 0.29) is 12.0 Å². The molecule has 1 aliphatic heterocycles. The average Bonchev–Trinajstić information content (AvgIpc) is 3.13. The minimum Gasteiger partial charge on any atom is -0.382 e. The van der Waals surface area contributed by atoms with Crippen molar-refractivity contribution >= 4 is 11.6 Å². The van der Waals surface area contributed by atoms with Crippen LogP contribution in [0.15, 0.2) is 42.6 Å². The van der Waals surface area contributed by atoms with Gasteiger partial charge in [0.25, 0.3) is 5.91 Å². The average molecular weight is 325 g/mol. The minimum absolute atomic E-state index is 0.168. The summed E-state index contributed by atoms with van der Waals surface area (Å²) in [5.41, 5.74) is 3.58. The molecule has 1 unspecified atom stereocenters. The molecule has 1 amide bonds. The van der Waals surface area contributed by atoms with Crippen molar-refractivity contribution in [2.24, 2.45) is 0 Å². The fraction of sp³-hybridized carbons (Fsp3) is 0.368. The van der Waals surface area contributed by atoms with Gasteiger partial charge in [-0.25, -0.2) is 0 Å². The molecule has 0 spiro atoms. The van der Waals surface area contributed by atoms with E-state index >= 15 is 0 Å². The molecular formula is C19H23N3O2. The van der Waals surface area contributed by atoms with Crippen LogP contribution in [0.5, 0.6) is 0 Å². The van der Waals surface area contributed by atoms with Gasteiger partial charge in [0, 0.05) is 31.6 Å². The third-order valence-electron chi connectivity index (χ3n) is 4.25. The van der Waals surface area contributed by atoms with E-state index < -0.39 is 0 Å². The minimum atomic E-state index is -0.168. The summed E-state index contributed by atoms with van der Waals surface area (Å²) in [5.74, 6) is -0.168. The first-order valence-electron chi connectivity index (χ1n) is 8.36. The Hall–Kier alpha value is -2.40. The van der Waals surface area contributed by atoms with Gasteiger partial charge in [-0.3, -0.25) is 9.78 Å². The van der Waals surface area contributed by atoms with Gasteiger partial charge in [-0.1, -0.05) is 24.3 Å². The molecule has 2 aromatic rings. The molecule has 0 radical (unpaired) electrons. The third-order valence-corrected chi connectivity index (χ3v) is 4.25. The zero-order valence-electron chi connectivity index (χ0n) is 13.9. The summed E-state index contributed by atoms with van der Waals surface area (Å²) in [6, 6.07) is 11.7. The Morgan fingerprint density at radius 2 is 2.21 bits per heavy atom. The molecule has 2 heterocycles. The molecule has 2 N–H and O–H groups in total. The summed E-state index contributed by atoms with van der Waals surface area (Å²) in [4.78, 5) is 16.5. The van der Waals surface area contributed by atoms with E-state index in [1.807, 2.05) is 37.3 Å². The summed E-state index contributed by atoms with van der Waals surface area (Å²) >= 11 is 0. The number of ether oxygens (including phenoxy) is 1. The summed E-state index contributed by atoms with van der Waals surface area (Å²) in [6.45, 7) is 4.14. The maximum absolute atomic E-state index is 12.3. The molecule has 3 rings (SSSR count). The number of anilines is 1. The molecule has 0 saturated carbocycles. The predicted octanol–water partition coefficient (Wildman–Crippen LogP) is 2.91. The molecule has 1 aliphatic rings. The zero-order chi connectivity index (χ0) is 16.8. The second kappa shape index (κ2) is 7.93. The van der Waals surface area contributed by atoms with Gasteiger partial charge in [0.05, 0.1) is 6.10 Å². The van der Waals surface area contributed by atoms with Crippen molar-refractivity contribution in [2.75, 3.05) is 18.5 Å². The van der Waals surface area contributed by atoms with Crippen molar-refractivity contribution in [2.45, 2.75) is 32.4 Å². The van der Waals surface area contributed by atoms with Crippen LogP contribution in [0.4, 0.5) is 5.69 Å². The molecule has 126 valence electrons. The van der Waals surface area contributed by atoms with Gasteiger partial charge in [-0.15, -0.1) is 0 Å². The predicted molar refractivity (Wildman–Crippen MR) is 94.0 cm³/mol. The summed E-state index contributed by atoms with van der Waals surface area (Å²) in [5, 5.41) is 6.25. The number of hydrogen-bond donors (Lipinski definition) is 2. The quantitative estimate of drug-likeness (QED) is 0.857. The summed E-state index contributed by atoms with van der Waals surface area (Å²) in [7, 11) is 0. The van der Waals surface area contributed by atoms with Gasteiger partial charge < -0.3 is 15.4 Å². The van der Waals surface area contributed by atoms with E-state index in [4.69, 9.17) is 4.74 Å². The summed E-state index contributed by atoms with van der Waals surface area (Å²) < 4.78 is 5.59. The summed E-state index contributed by atoms with van der Waals surface area (Å²) in [6.07, 6.45) is 4.12. The Labute approximate surface area is 142 Å². The molecule has 1 saturated heterocycles. The van der Waals surface area contributed by atoms with Gasteiger partial charge in [-0.2, -0.15) is 0 Å². The number of aromatic nitrogens is 1. The lowest BCUT2D eigenvalue weighted by atomic mass is 10.1. The Bertz CT molecular complexity index is 697. The van der Waals surface area contributed by atoms with Crippen molar-refractivity contribution in [1.82, 2.24) is 10.3 Å². The first-order chi connectivity index (χ1) is 11.7. The molecule has 1 aromatic carbocycles. The standard InChI is InChI=1S/C19H23N3O2/c1-14-5-2-3-6-15(14)12-22-19(23)18-11-16(8-9-20-18)21-13-17-7-4-10-24-17/h2-3,5-6,8-9,11,17H,4,7,10,12-13H2,1H3,(H,20,21)(H,22,23). The van der Waals surface area contributed by atoms with Gasteiger partial charge >= 0.3 is 0 Å². The highest BCUT2D eigenvalue weighted by Crippen LogP contribution is 2.14. The topological polar surface area (TPSA) is 63.2 Å². The van der Waals surface area contributed by atoms with Crippen LogP contribution in [0.25, 0.3) is 0 Å². The van der Waals surface area contributed by atoms with Gasteiger partial charge in [0.1, 0.15) is 5.69 Å². The van der Waals surface area contributed by atoms with Crippen molar-refractivity contribution in [3.05, 3.63) is 59.4 Å². The molecule has 0 aliphatic carbocycles. The van der Waals surface area contributed by atoms with Crippen LogP contribution in [0, 0.1) is 6.92 Å². The maximum atomic E-state index is 12.3. The number of benzene rings is 1.